The molecule has 1 amide bonds. The summed E-state index contributed by atoms with van der Waals surface area (Å²) in [6.07, 6.45) is 6.44. The molecule has 204 valence electrons. The van der Waals surface area contributed by atoms with Gasteiger partial charge in [-0.15, -0.1) is 11.3 Å². The zero-order valence-corrected chi connectivity index (χ0v) is 23.8. The second-order valence-electron chi connectivity index (χ2n) is 10.1. The molecule has 1 unspecified atom stereocenters. The molecule has 0 aliphatic heterocycles. The maximum absolute atomic E-state index is 13.8. The van der Waals surface area contributed by atoms with Crippen LogP contribution in [0.5, 0.6) is 0 Å². The minimum atomic E-state index is -0.931. The summed E-state index contributed by atoms with van der Waals surface area (Å²) >= 11 is 1.43. The average Bonchev–Trinajstić information content (AvgIpc) is 3.41. The highest BCUT2D eigenvalue weighted by Crippen LogP contribution is 2.38. The van der Waals surface area contributed by atoms with Crippen molar-refractivity contribution < 1.29 is 14.3 Å². The Bertz CT molecular complexity index is 1650. The van der Waals surface area contributed by atoms with Crippen molar-refractivity contribution in [2.24, 2.45) is 0 Å². The normalized spacial score (nSPS) is 14.1. The molecule has 0 saturated heterocycles. The maximum Gasteiger partial charge on any atom is 0.341 e. The molecule has 0 spiro atoms. The fourth-order valence-corrected chi connectivity index (χ4v) is 6.53. The summed E-state index contributed by atoms with van der Waals surface area (Å²) in [6, 6.07) is 5.02. The molecule has 1 N–H and O–H groups in total. The number of fused-ring (bicyclic) bond motifs is 2. The number of carbonyl (C=O) groups excluding carboxylic acids is 2. The van der Waals surface area contributed by atoms with Crippen molar-refractivity contribution in [2.45, 2.75) is 72.8 Å². The lowest BCUT2D eigenvalue weighted by molar-refractivity contribution is -0.119. The summed E-state index contributed by atoms with van der Waals surface area (Å²) in [7, 11) is 0. The van der Waals surface area contributed by atoms with Gasteiger partial charge in [0.2, 0.25) is 5.91 Å². The summed E-state index contributed by atoms with van der Waals surface area (Å²) in [5.74, 6) is -0.854. The first-order chi connectivity index (χ1) is 18.7. The third kappa shape index (κ3) is 4.89. The van der Waals surface area contributed by atoms with Gasteiger partial charge in [0.1, 0.15) is 16.6 Å². The SMILES string of the molecule is CCOC(=O)c1c(NC(=O)C(C)n2nc(C)c3cnn(-c4ccc(C)cc4C)c3c2=O)sc2c1CCCCC2. The monoisotopic (exact) mass is 547 g/mol. The van der Waals surface area contributed by atoms with Crippen molar-refractivity contribution in [3.8, 4) is 5.69 Å². The topological polar surface area (TPSA) is 108 Å². The number of nitrogens with one attached hydrogen (secondary N) is 1. The number of hydrogen-bond acceptors (Lipinski definition) is 7. The summed E-state index contributed by atoms with van der Waals surface area (Å²) in [5.41, 5.74) is 4.85. The van der Waals surface area contributed by atoms with E-state index in [4.69, 9.17) is 4.74 Å². The van der Waals surface area contributed by atoms with E-state index in [9.17, 15) is 14.4 Å². The van der Waals surface area contributed by atoms with Gasteiger partial charge in [-0.25, -0.2) is 14.2 Å². The van der Waals surface area contributed by atoms with Crippen LogP contribution in [0.15, 0.2) is 29.2 Å². The molecule has 39 heavy (non-hydrogen) atoms. The Morgan fingerprint density at radius 3 is 2.67 bits per heavy atom. The molecule has 0 radical (unpaired) electrons. The van der Waals surface area contributed by atoms with E-state index in [1.165, 1.54) is 16.0 Å². The third-order valence-electron chi connectivity index (χ3n) is 7.29. The number of benzene rings is 1. The first-order valence-electron chi connectivity index (χ1n) is 13.4. The number of aryl methyl sites for hydroxylation is 4. The molecule has 1 aromatic carbocycles. The van der Waals surface area contributed by atoms with Gasteiger partial charge in [-0.05, 0) is 77.5 Å². The lowest BCUT2D eigenvalue weighted by Gasteiger charge is -2.16. The van der Waals surface area contributed by atoms with Gasteiger partial charge in [0.05, 0.1) is 29.7 Å². The van der Waals surface area contributed by atoms with Gasteiger partial charge in [0.25, 0.3) is 5.56 Å². The van der Waals surface area contributed by atoms with Crippen LogP contribution in [-0.2, 0) is 22.4 Å². The minimum Gasteiger partial charge on any atom is -0.462 e. The Morgan fingerprint density at radius 2 is 1.92 bits per heavy atom. The van der Waals surface area contributed by atoms with E-state index in [-0.39, 0.29) is 6.61 Å². The number of thiophene rings is 1. The van der Waals surface area contributed by atoms with Gasteiger partial charge in [-0.3, -0.25) is 9.59 Å². The summed E-state index contributed by atoms with van der Waals surface area (Å²) in [4.78, 5) is 41.3. The predicted octanol–water partition coefficient (Wildman–Crippen LogP) is 5.21. The number of amides is 1. The zero-order chi connectivity index (χ0) is 27.8. The molecule has 5 rings (SSSR count). The second kappa shape index (κ2) is 10.8. The van der Waals surface area contributed by atoms with E-state index >= 15 is 0 Å². The molecule has 3 heterocycles. The van der Waals surface area contributed by atoms with Gasteiger partial charge in [0, 0.05) is 10.3 Å². The van der Waals surface area contributed by atoms with E-state index in [0.29, 0.717) is 27.2 Å². The average molecular weight is 548 g/mol. The van der Waals surface area contributed by atoms with Crippen LogP contribution in [0.2, 0.25) is 0 Å². The lowest BCUT2D eigenvalue weighted by Crippen LogP contribution is -2.34. The number of carbonyl (C=O) groups is 2. The standard InChI is InChI=1S/C29H33N5O4S/c1-6-38-29(37)24-20-10-8-7-9-11-23(20)39-27(24)31-26(35)19(5)33-28(36)25-21(18(4)32-33)15-30-34(25)22-13-12-16(2)14-17(22)3/h12-15,19H,6-11H2,1-5H3,(H,31,35). The fourth-order valence-electron chi connectivity index (χ4n) is 5.25. The maximum atomic E-state index is 13.8. The van der Waals surface area contributed by atoms with Crippen molar-refractivity contribution in [1.82, 2.24) is 19.6 Å². The molecular weight excluding hydrogens is 514 g/mol. The highest BCUT2D eigenvalue weighted by molar-refractivity contribution is 7.17. The highest BCUT2D eigenvalue weighted by Gasteiger charge is 2.29. The molecule has 9 nitrogen and oxygen atoms in total. The second-order valence-corrected chi connectivity index (χ2v) is 11.2. The number of aromatic nitrogens is 4. The number of hydrogen-bond donors (Lipinski definition) is 1. The Kier molecular flexibility index (Phi) is 7.40. The molecule has 0 saturated carbocycles. The van der Waals surface area contributed by atoms with Crippen LogP contribution in [0.1, 0.15) is 76.8 Å². The number of ether oxygens (including phenoxy) is 1. The molecule has 1 aliphatic carbocycles. The van der Waals surface area contributed by atoms with Crippen LogP contribution in [0.4, 0.5) is 5.00 Å². The first-order valence-corrected chi connectivity index (χ1v) is 14.2. The molecule has 3 aromatic heterocycles. The van der Waals surface area contributed by atoms with E-state index in [1.54, 1.807) is 31.6 Å². The van der Waals surface area contributed by atoms with E-state index in [2.05, 4.69) is 15.5 Å². The van der Waals surface area contributed by atoms with E-state index in [1.807, 2.05) is 32.0 Å². The van der Waals surface area contributed by atoms with E-state index < -0.39 is 23.5 Å². The predicted molar refractivity (Wildman–Crippen MR) is 152 cm³/mol. The Hall–Kier alpha value is -3.79. The summed E-state index contributed by atoms with van der Waals surface area (Å²) < 4.78 is 8.17. The lowest BCUT2D eigenvalue weighted by atomic mass is 10.1. The van der Waals surface area contributed by atoms with E-state index in [0.717, 1.165) is 59.4 Å². The quantitative estimate of drug-likeness (QED) is 0.262. The van der Waals surface area contributed by atoms with Gasteiger partial charge >= 0.3 is 5.97 Å². The molecule has 1 atom stereocenters. The molecule has 1 aliphatic rings. The van der Waals surface area contributed by atoms with Crippen LogP contribution in [0, 0.1) is 20.8 Å². The van der Waals surface area contributed by atoms with Crippen LogP contribution < -0.4 is 10.9 Å². The van der Waals surface area contributed by atoms with Crippen molar-refractivity contribution in [3.05, 3.63) is 67.6 Å². The Morgan fingerprint density at radius 1 is 1.15 bits per heavy atom. The Labute approximate surface area is 230 Å². The Balaban J connectivity index is 1.53. The molecular formula is C29H33N5O4S. The number of rotatable bonds is 6. The van der Waals surface area contributed by atoms with Crippen molar-refractivity contribution in [3.63, 3.8) is 0 Å². The van der Waals surface area contributed by atoms with Crippen LogP contribution >= 0.6 is 11.3 Å². The van der Waals surface area contributed by atoms with Gasteiger partial charge < -0.3 is 10.1 Å². The molecule has 4 aromatic rings. The smallest absolute Gasteiger partial charge is 0.341 e. The first kappa shape index (κ1) is 26.8. The van der Waals surface area contributed by atoms with Crippen molar-refractivity contribution in [2.75, 3.05) is 11.9 Å². The zero-order valence-electron chi connectivity index (χ0n) is 23.0. The van der Waals surface area contributed by atoms with Crippen LogP contribution in [0.3, 0.4) is 0 Å². The molecule has 0 bridgehead atoms. The van der Waals surface area contributed by atoms with Crippen LogP contribution in [-0.4, -0.2) is 38.0 Å². The molecule has 10 heteroatoms. The molecule has 0 fully saturated rings. The largest absolute Gasteiger partial charge is 0.462 e. The van der Waals surface area contributed by atoms with Gasteiger partial charge in [-0.2, -0.15) is 10.2 Å². The number of nitrogens with zero attached hydrogens (tertiary/aromatic N) is 4. The van der Waals surface area contributed by atoms with Gasteiger partial charge in [-0.1, -0.05) is 24.1 Å². The number of esters is 1. The summed E-state index contributed by atoms with van der Waals surface area (Å²) in [6.45, 7) is 9.44. The van der Waals surface area contributed by atoms with Crippen molar-refractivity contribution in [1.29, 1.82) is 0 Å². The van der Waals surface area contributed by atoms with Crippen molar-refractivity contribution >= 4 is 39.1 Å². The minimum absolute atomic E-state index is 0.250. The number of anilines is 1. The van der Waals surface area contributed by atoms with Crippen LogP contribution in [0.25, 0.3) is 16.6 Å². The summed E-state index contributed by atoms with van der Waals surface area (Å²) in [5, 5.41) is 13.0. The highest BCUT2D eigenvalue weighted by atomic mass is 32.1. The third-order valence-corrected chi connectivity index (χ3v) is 8.50. The van der Waals surface area contributed by atoms with Gasteiger partial charge in [0.15, 0.2) is 0 Å². The fraction of sp³-hybridized carbons (Fsp3) is 0.414.